The second kappa shape index (κ2) is 7.72. The second-order valence-corrected chi connectivity index (χ2v) is 5.89. The molecule has 0 aliphatic rings. The van der Waals surface area contributed by atoms with E-state index in [1.807, 2.05) is 25.1 Å². The van der Waals surface area contributed by atoms with Crippen molar-refractivity contribution in [1.29, 1.82) is 5.26 Å². The minimum absolute atomic E-state index is 0.0191. The van der Waals surface area contributed by atoms with Gasteiger partial charge in [-0.3, -0.25) is 4.79 Å². The fourth-order valence-electron chi connectivity index (χ4n) is 2.42. The van der Waals surface area contributed by atoms with Gasteiger partial charge in [0, 0.05) is 10.7 Å². The summed E-state index contributed by atoms with van der Waals surface area (Å²) in [6.45, 7) is 1.81. The molecule has 3 aromatic rings. The highest BCUT2D eigenvalue weighted by Gasteiger charge is 2.15. The van der Waals surface area contributed by atoms with E-state index >= 15 is 0 Å². The van der Waals surface area contributed by atoms with E-state index in [1.165, 1.54) is 6.20 Å². The van der Waals surface area contributed by atoms with Gasteiger partial charge in [-0.15, -0.1) is 0 Å². The van der Waals surface area contributed by atoms with Crippen LogP contribution in [0.1, 0.15) is 16.1 Å². The highest BCUT2D eigenvalue weighted by Crippen LogP contribution is 2.19. The number of carbonyl (C=O) groups is 1. The van der Waals surface area contributed by atoms with Gasteiger partial charge in [-0.05, 0) is 55.5 Å². The molecule has 130 valence electrons. The Labute approximate surface area is 155 Å². The number of amides is 1. The van der Waals surface area contributed by atoms with Crippen molar-refractivity contribution in [3.63, 3.8) is 0 Å². The number of rotatable bonds is 5. The van der Waals surface area contributed by atoms with Gasteiger partial charge in [-0.25, -0.2) is 4.68 Å². The van der Waals surface area contributed by atoms with Gasteiger partial charge in [0.25, 0.3) is 5.91 Å². The van der Waals surface area contributed by atoms with E-state index in [0.29, 0.717) is 22.0 Å². The summed E-state index contributed by atoms with van der Waals surface area (Å²) in [4.78, 5) is 12.5. The quantitative estimate of drug-likeness (QED) is 0.740. The molecule has 26 heavy (non-hydrogen) atoms. The molecule has 0 radical (unpaired) electrons. The van der Waals surface area contributed by atoms with Crippen molar-refractivity contribution in [3.05, 3.63) is 71.0 Å². The number of nitrogens with one attached hydrogen (secondary N) is 1. The standard InChI is InChI=1S/C19H15ClN4O2/c1-13-18(12-22-24(13)16-6-2-14(20)3-7-16)19(25)23-15-4-8-17(9-5-15)26-11-10-21/h2-9,12H,11H2,1H3,(H,23,25). The number of hydrogen-bond donors (Lipinski definition) is 1. The lowest BCUT2D eigenvalue weighted by Gasteiger charge is -2.08. The molecule has 6 nitrogen and oxygen atoms in total. The Balaban J connectivity index is 1.74. The first kappa shape index (κ1) is 17.5. The van der Waals surface area contributed by atoms with E-state index in [1.54, 1.807) is 41.1 Å². The van der Waals surface area contributed by atoms with Crippen molar-refractivity contribution in [2.24, 2.45) is 0 Å². The molecule has 0 aliphatic heterocycles. The van der Waals surface area contributed by atoms with Crippen molar-refractivity contribution >= 4 is 23.2 Å². The van der Waals surface area contributed by atoms with Crippen LogP contribution < -0.4 is 10.1 Å². The van der Waals surface area contributed by atoms with Gasteiger partial charge in [-0.2, -0.15) is 10.4 Å². The molecular weight excluding hydrogens is 352 g/mol. The zero-order chi connectivity index (χ0) is 18.5. The van der Waals surface area contributed by atoms with E-state index in [9.17, 15) is 4.79 Å². The van der Waals surface area contributed by atoms with Gasteiger partial charge in [0.1, 0.15) is 11.8 Å². The zero-order valence-corrected chi connectivity index (χ0v) is 14.7. The minimum atomic E-state index is -0.256. The monoisotopic (exact) mass is 366 g/mol. The summed E-state index contributed by atoms with van der Waals surface area (Å²) in [7, 11) is 0. The van der Waals surface area contributed by atoms with Gasteiger partial charge in [-0.1, -0.05) is 11.6 Å². The molecule has 1 N–H and O–H groups in total. The van der Waals surface area contributed by atoms with Crippen LogP contribution in [0.3, 0.4) is 0 Å². The van der Waals surface area contributed by atoms with Crippen LogP contribution in [-0.4, -0.2) is 22.3 Å². The zero-order valence-electron chi connectivity index (χ0n) is 13.9. The van der Waals surface area contributed by atoms with Crippen molar-refractivity contribution in [2.45, 2.75) is 6.92 Å². The smallest absolute Gasteiger partial charge is 0.259 e. The largest absolute Gasteiger partial charge is 0.479 e. The Morgan fingerprint density at radius 3 is 2.58 bits per heavy atom. The van der Waals surface area contributed by atoms with Gasteiger partial charge >= 0.3 is 0 Å². The molecule has 0 atom stereocenters. The number of carbonyl (C=O) groups excluding carboxylic acids is 1. The third-order valence-corrected chi connectivity index (χ3v) is 3.99. The first-order chi connectivity index (χ1) is 12.6. The predicted octanol–water partition coefficient (Wildman–Crippen LogP) is 3.99. The number of ether oxygens (including phenoxy) is 1. The van der Waals surface area contributed by atoms with Crippen LogP contribution in [0.25, 0.3) is 5.69 Å². The summed E-state index contributed by atoms with van der Waals surface area (Å²) in [5.41, 5.74) is 2.64. The molecule has 0 fully saturated rings. The average Bonchev–Trinajstić information content (AvgIpc) is 3.03. The van der Waals surface area contributed by atoms with Crippen molar-refractivity contribution in [1.82, 2.24) is 9.78 Å². The predicted molar refractivity (Wildman–Crippen MR) is 98.8 cm³/mol. The van der Waals surface area contributed by atoms with Gasteiger partial charge in [0.05, 0.1) is 23.1 Å². The van der Waals surface area contributed by atoms with Crippen molar-refractivity contribution in [2.75, 3.05) is 11.9 Å². The number of nitriles is 1. The first-order valence-electron chi connectivity index (χ1n) is 7.80. The molecule has 0 unspecified atom stereocenters. The van der Waals surface area contributed by atoms with Gasteiger partial charge in [0.15, 0.2) is 6.61 Å². The third kappa shape index (κ3) is 3.85. The van der Waals surface area contributed by atoms with Gasteiger partial charge < -0.3 is 10.1 Å². The fraction of sp³-hybridized carbons (Fsp3) is 0.105. The molecule has 0 aliphatic carbocycles. The first-order valence-corrected chi connectivity index (χ1v) is 8.18. The van der Waals surface area contributed by atoms with E-state index in [2.05, 4.69) is 10.4 Å². The molecular formula is C19H15ClN4O2. The summed E-state index contributed by atoms with van der Waals surface area (Å²) in [5.74, 6) is 0.310. The van der Waals surface area contributed by atoms with Crippen LogP contribution in [0.15, 0.2) is 54.7 Å². The van der Waals surface area contributed by atoms with Crippen LogP contribution in [0, 0.1) is 18.3 Å². The Morgan fingerprint density at radius 1 is 1.23 bits per heavy atom. The summed E-state index contributed by atoms with van der Waals surface area (Å²) in [6, 6.07) is 15.9. The van der Waals surface area contributed by atoms with E-state index in [-0.39, 0.29) is 12.5 Å². The molecule has 7 heteroatoms. The maximum Gasteiger partial charge on any atom is 0.259 e. The third-order valence-electron chi connectivity index (χ3n) is 3.74. The Kier molecular flexibility index (Phi) is 5.20. The lowest BCUT2D eigenvalue weighted by molar-refractivity contribution is 0.102. The average molecular weight is 367 g/mol. The van der Waals surface area contributed by atoms with E-state index < -0.39 is 0 Å². The summed E-state index contributed by atoms with van der Waals surface area (Å²) in [6.07, 6.45) is 1.53. The maximum atomic E-state index is 12.5. The van der Waals surface area contributed by atoms with Crippen molar-refractivity contribution < 1.29 is 9.53 Å². The number of halogens is 1. The maximum absolute atomic E-state index is 12.5. The van der Waals surface area contributed by atoms with Gasteiger partial charge in [0.2, 0.25) is 0 Å². The SMILES string of the molecule is Cc1c(C(=O)Nc2ccc(OCC#N)cc2)cnn1-c1ccc(Cl)cc1. The van der Waals surface area contributed by atoms with Crippen LogP contribution in [0.5, 0.6) is 5.75 Å². The van der Waals surface area contributed by atoms with Crippen molar-refractivity contribution in [3.8, 4) is 17.5 Å². The Bertz CT molecular complexity index is 957. The lowest BCUT2D eigenvalue weighted by atomic mass is 10.2. The van der Waals surface area contributed by atoms with E-state index in [4.69, 9.17) is 21.6 Å². The number of hydrogen-bond acceptors (Lipinski definition) is 4. The number of aromatic nitrogens is 2. The minimum Gasteiger partial charge on any atom is -0.479 e. The molecule has 2 aromatic carbocycles. The molecule has 0 spiro atoms. The number of anilines is 1. The van der Waals surface area contributed by atoms with Crippen LogP contribution in [0.2, 0.25) is 5.02 Å². The highest BCUT2D eigenvalue weighted by atomic mass is 35.5. The Morgan fingerprint density at radius 2 is 1.92 bits per heavy atom. The molecule has 1 aromatic heterocycles. The number of nitrogens with zero attached hydrogens (tertiary/aromatic N) is 3. The summed E-state index contributed by atoms with van der Waals surface area (Å²) >= 11 is 5.91. The molecule has 1 amide bonds. The summed E-state index contributed by atoms with van der Waals surface area (Å²) in [5, 5.41) is 16.3. The molecule has 0 bridgehead atoms. The normalized spacial score (nSPS) is 10.2. The molecule has 0 saturated heterocycles. The number of benzene rings is 2. The van der Waals surface area contributed by atoms with Crippen LogP contribution in [0.4, 0.5) is 5.69 Å². The molecule has 0 saturated carbocycles. The summed E-state index contributed by atoms with van der Waals surface area (Å²) < 4.78 is 6.87. The lowest BCUT2D eigenvalue weighted by Crippen LogP contribution is -2.13. The molecule has 3 rings (SSSR count). The molecule has 1 heterocycles. The van der Waals surface area contributed by atoms with E-state index in [0.717, 1.165) is 11.4 Å². The topological polar surface area (TPSA) is 79.9 Å². The second-order valence-electron chi connectivity index (χ2n) is 5.46. The van der Waals surface area contributed by atoms with Crippen LogP contribution >= 0.6 is 11.6 Å². The fourth-order valence-corrected chi connectivity index (χ4v) is 2.55. The highest BCUT2D eigenvalue weighted by molar-refractivity contribution is 6.30. The van der Waals surface area contributed by atoms with Crippen LogP contribution in [-0.2, 0) is 0 Å². The Hall–Kier alpha value is -3.30.